The average molecular weight is 336 g/mol. The van der Waals surface area contributed by atoms with Gasteiger partial charge in [0.15, 0.2) is 0 Å². The Bertz CT molecular complexity index is 654. The van der Waals surface area contributed by atoms with Gasteiger partial charge in [-0.05, 0) is 36.1 Å². The Labute approximate surface area is 126 Å². The molecular formula is C12H11Cl2NO2S2. The third kappa shape index (κ3) is 3.94. The molecule has 19 heavy (non-hydrogen) atoms. The fraction of sp³-hybridized carbons (Fsp3) is 0.167. The summed E-state index contributed by atoms with van der Waals surface area (Å²) in [4.78, 5) is 1.18. The van der Waals surface area contributed by atoms with E-state index in [2.05, 4.69) is 4.72 Å². The van der Waals surface area contributed by atoms with E-state index in [-0.39, 0.29) is 9.92 Å². The molecule has 7 heteroatoms. The molecule has 0 amide bonds. The highest BCUT2D eigenvalue weighted by atomic mass is 35.5. The van der Waals surface area contributed by atoms with Crippen molar-refractivity contribution in [3.05, 3.63) is 50.6 Å². The highest BCUT2D eigenvalue weighted by Crippen LogP contribution is 2.24. The van der Waals surface area contributed by atoms with Gasteiger partial charge in [-0.2, -0.15) is 0 Å². The lowest BCUT2D eigenvalue weighted by Gasteiger charge is -2.08. The van der Waals surface area contributed by atoms with E-state index in [9.17, 15) is 8.42 Å². The van der Waals surface area contributed by atoms with Crippen LogP contribution in [0.5, 0.6) is 0 Å². The maximum Gasteiger partial charge on any atom is 0.242 e. The molecule has 0 atom stereocenters. The van der Waals surface area contributed by atoms with Gasteiger partial charge in [-0.3, -0.25) is 0 Å². The Balaban J connectivity index is 2.05. The molecule has 0 radical (unpaired) electrons. The maximum absolute atomic E-state index is 12.1. The summed E-state index contributed by atoms with van der Waals surface area (Å²) in [6.07, 6.45) is 0.655. The molecule has 102 valence electrons. The van der Waals surface area contributed by atoms with Crippen LogP contribution >= 0.6 is 34.5 Å². The third-order valence-electron chi connectivity index (χ3n) is 2.43. The molecule has 0 fully saturated rings. The van der Waals surface area contributed by atoms with Crippen molar-refractivity contribution in [3.8, 4) is 0 Å². The van der Waals surface area contributed by atoms with Crippen molar-refractivity contribution in [3.63, 3.8) is 0 Å². The van der Waals surface area contributed by atoms with E-state index >= 15 is 0 Å². The Kier molecular flexibility index (Phi) is 4.86. The van der Waals surface area contributed by atoms with Gasteiger partial charge in [-0.25, -0.2) is 13.1 Å². The van der Waals surface area contributed by atoms with Crippen LogP contribution in [0, 0.1) is 0 Å². The first kappa shape index (κ1) is 14.8. The second-order valence-electron chi connectivity index (χ2n) is 3.80. The van der Waals surface area contributed by atoms with Crippen LogP contribution in [-0.4, -0.2) is 15.0 Å². The summed E-state index contributed by atoms with van der Waals surface area (Å²) in [5.41, 5.74) is 0. The SMILES string of the molecule is O=S(=O)(NCCc1cccs1)c1ccc(Cl)cc1Cl. The van der Waals surface area contributed by atoms with Crippen molar-refractivity contribution in [2.24, 2.45) is 0 Å². The second kappa shape index (κ2) is 6.24. The molecule has 0 saturated heterocycles. The van der Waals surface area contributed by atoms with E-state index in [4.69, 9.17) is 23.2 Å². The van der Waals surface area contributed by atoms with Crippen LogP contribution in [0.2, 0.25) is 10.0 Å². The van der Waals surface area contributed by atoms with Crippen molar-refractivity contribution in [2.45, 2.75) is 11.3 Å². The summed E-state index contributed by atoms with van der Waals surface area (Å²) in [5, 5.41) is 2.48. The number of rotatable bonds is 5. The summed E-state index contributed by atoms with van der Waals surface area (Å²) < 4.78 is 26.6. The summed E-state index contributed by atoms with van der Waals surface area (Å²) in [7, 11) is -3.60. The van der Waals surface area contributed by atoms with E-state index in [0.29, 0.717) is 18.0 Å². The Morgan fingerprint density at radius 1 is 1.21 bits per heavy atom. The highest BCUT2D eigenvalue weighted by molar-refractivity contribution is 7.89. The molecule has 0 spiro atoms. The molecule has 1 aromatic heterocycles. The lowest BCUT2D eigenvalue weighted by molar-refractivity contribution is 0.582. The van der Waals surface area contributed by atoms with Gasteiger partial charge < -0.3 is 0 Å². The standard InChI is InChI=1S/C12H11Cl2NO2S2/c13-9-3-4-12(11(14)8-9)19(16,17)15-6-5-10-2-1-7-18-10/h1-4,7-8,15H,5-6H2. The van der Waals surface area contributed by atoms with Crippen molar-refractivity contribution >= 4 is 44.6 Å². The Morgan fingerprint density at radius 3 is 2.63 bits per heavy atom. The van der Waals surface area contributed by atoms with E-state index < -0.39 is 10.0 Å². The summed E-state index contributed by atoms with van der Waals surface area (Å²) in [5.74, 6) is 0. The fourth-order valence-electron chi connectivity index (χ4n) is 1.53. The van der Waals surface area contributed by atoms with Crippen LogP contribution in [0.4, 0.5) is 0 Å². The molecular weight excluding hydrogens is 325 g/mol. The predicted molar refractivity (Wildman–Crippen MR) is 79.7 cm³/mol. The number of hydrogen-bond donors (Lipinski definition) is 1. The van der Waals surface area contributed by atoms with Gasteiger partial charge >= 0.3 is 0 Å². The number of sulfonamides is 1. The number of nitrogens with one attached hydrogen (secondary N) is 1. The van der Waals surface area contributed by atoms with Gasteiger partial charge in [0, 0.05) is 16.4 Å². The van der Waals surface area contributed by atoms with Crippen molar-refractivity contribution in [2.75, 3.05) is 6.54 Å². The molecule has 0 aliphatic carbocycles. The van der Waals surface area contributed by atoms with Crippen molar-refractivity contribution in [1.82, 2.24) is 4.72 Å². The summed E-state index contributed by atoms with van der Waals surface area (Å²) in [6.45, 7) is 0.335. The molecule has 1 N–H and O–H groups in total. The molecule has 1 aromatic carbocycles. The minimum atomic E-state index is -3.60. The largest absolute Gasteiger partial charge is 0.242 e. The average Bonchev–Trinajstić information content (AvgIpc) is 2.81. The molecule has 0 bridgehead atoms. The van der Waals surface area contributed by atoms with Gasteiger partial charge in [0.25, 0.3) is 0 Å². The molecule has 0 aliphatic heterocycles. The van der Waals surface area contributed by atoms with Crippen LogP contribution in [0.1, 0.15) is 4.88 Å². The quantitative estimate of drug-likeness (QED) is 0.907. The normalized spacial score (nSPS) is 11.7. The molecule has 0 aliphatic rings. The van der Waals surface area contributed by atoms with Crippen LogP contribution in [0.15, 0.2) is 40.6 Å². The Hall–Kier alpha value is -0.590. The summed E-state index contributed by atoms with van der Waals surface area (Å²) in [6, 6.07) is 8.22. The van der Waals surface area contributed by atoms with E-state index in [1.54, 1.807) is 11.3 Å². The lowest BCUT2D eigenvalue weighted by Crippen LogP contribution is -2.26. The molecule has 2 aromatic rings. The van der Waals surface area contributed by atoms with Crippen LogP contribution in [0.25, 0.3) is 0 Å². The minimum Gasteiger partial charge on any atom is -0.211 e. The first-order valence-electron chi connectivity index (χ1n) is 5.46. The molecule has 1 heterocycles. The van der Waals surface area contributed by atoms with Gasteiger partial charge in [-0.1, -0.05) is 29.3 Å². The van der Waals surface area contributed by atoms with Gasteiger partial charge in [0.1, 0.15) is 4.90 Å². The van der Waals surface area contributed by atoms with E-state index in [1.165, 1.54) is 18.2 Å². The fourth-order valence-corrected chi connectivity index (χ4v) is 4.05. The van der Waals surface area contributed by atoms with E-state index in [1.807, 2.05) is 17.5 Å². The molecule has 0 saturated carbocycles. The van der Waals surface area contributed by atoms with E-state index in [0.717, 1.165) is 4.88 Å². The zero-order valence-electron chi connectivity index (χ0n) is 9.77. The van der Waals surface area contributed by atoms with Gasteiger partial charge in [-0.15, -0.1) is 11.3 Å². The van der Waals surface area contributed by atoms with Crippen molar-refractivity contribution in [1.29, 1.82) is 0 Å². The van der Waals surface area contributed by atoms with Crippen LogP contribution < -0.4 is 4.72 Å². The van der Waals surface area contributed by atoms with Crippen LogP contribution in [0.3, 0.4) is 0 Å². The molecule has 0 unspecified atom stereocenters. The maximum atomic E-state index is 12.1. The first-order valence-corrected chi connectivity index (χ1v) is 8.58. The smallest absolute Gasteiger partial charge is 0.211 e. The third-order valence-corrected chi connectivity index (χ3v) is 5.54. The predicted octanol–water partition coefficient (Wildman–Crippen LogP) is 3.58. The molecule has 2 rings (SSSR count). The number of hydrogen-bond acceptors (Lipinski definition) is 3. The number of thiophene rings is 1. The Morgan fingerprint density at radius 2 is 2.00 bits per heavy atom. The number of halogens is 2. The second-order valence-corrected chi connectivity index (χ2v) is 7.41. The van der Waals surface area contributed by atoms with Crippen LogP contribution in [-0.2, 0) is 16.4 Å². The highest BCUT2D eigenvalue weighted by Gasteiger charge is 2.17. The topological polar surface area (TPSA) is 46.2 Å². The van der Waals surface area contributed by atoms with Gasteiger partial charge in [0.2, 0.25) is 10.0 Å². The monoisotopic (exact) mass is 335 g/mol. The number of benzene rings is 1. The van der Waals surface area contributed by atoms with Crippen molar-refractivity contribution < 1.29 is 8.42 Å². The first-order chi connectivity index (χ1) is 8.99. The lowest BCUT2D eigenvalue weighted by atomic mass is 10.3. The zero-order valence-corrected chi connectivity index (χ0v) is 12.9. The minimum absolute atomic E-state index is 0.0461. The zero-order chi connectivity index (χ0) is 13.9. The van der Waals surface area contributed by atoms with Gasteiger partial charge in [0.05, 0.1) is 5.02 Å². The molecule has 3 nitrogen and oxygen atoms in total. The summed E-state index contributed by atoms with van der Waals surface area (Å²) >= 11 is 13.2.